The van der Waals surface area contributed by atoms with Crippen LogP contribution >= 0.6 is 33.2 Å². The summed E-state index contributed by atoms with van der Waals surface area (Å²) in [6.07, 6.45) is 1.14. The van der Waals surface area contributed by atoms with Crippen LogP contribution < -0.4 is 0 Å². The Morgan fingerprint density at radius 2 is 1.89 bits per heavy atom. The zero-order chi connectivity index (χ0) is 7.33. The average molecular weight is 310 g/mol. The van der Waals surface area contributed by atoms with Gasteiger partial charge in [0.05, 0.1) is 0 Å². The second-order valence-corrected chi connectivity index (χ2v) is 14.5. The SMILES string of the molecule is [CH3][Sn][CH2]CC[Si](Cl)(Cl)Cl. The molecule has 0 unspecified atom stereocenters. The van der Waals surface area contributed by atoms with Crippen LogP contribution in [-0.4, -0.2) is 27.1 Å². The molecular weight excluding hydrogens is 301 g/mol. The molecule has 0 aromatic rings. The molecule has 0 spiro atoms. The van der Waals surface area contributed by atoms with E-state index in [2.05, 4.69) is 4.94 Å². The first-order valence-corrected chi connectivity index (χ1v) is 12.9. The Balaban J connectivity index is 3.07. The van der Waals surface area contributed by atoms with Crippen molar-refractivity contribution in [2.45, 2.75) is 21.8 Å². The molecule has 0 aliphatic rings. The van der Waals surface area contributed by atoms with Crippen molar-refractivity contribution in [3.63, 3.8) is 0 Å². The normalized spacial score (nSPS) is 12.0. The predicted molar refractivity (Wildman–Crippen MR) is 49.2 cm³/mol. The van der Waals surface area contributed by atoms with Gasteiger partial charge in [0.1, 0.15) is 0 Å². The van der Waals surface area contributed by atoms with Crippen molar-refractivity contribution in [3.8, 4) is 0 Å². The van der Waals surface area contributed by atoms with Gasteiger partial charge in [-0.1, -0.05) is 0 Å². The van der Waals surface area contributed by atoms with Gasteiger partial charge in [-0.05, 0) is 0 Å². The molecule has 54 valence electrons. The fraction of sp³-hybridized carbons (Fsp3) is 1.00. The third-order valence-electron chi connectivity index (χ3n) is 0.887. The van der Waals surface area contributed by atoms with E-state index in [1.807, 2.05) is 0 Å². The molecule has 0 nitrogen and oxygen atoms in total. The minimum absolute atomic E-state index is 0.0323. The fourth-order valence-electron chi connectivity index (χ4n) is 0.466. The summed E-state index contributed by atoms with van der Waals surface area (Å²) in [6, 6.07) is -1.40. The van der Waals surface area contributed by atoms with Gasteiger partial charge in [-0.3, -0.25) is 0 Å². The van der Waals surface area contributed by atoms with Crippen LogP contribution in [0.25, 0.3) is 0 Å². The Labute approximate surface area is 81.6 Å². The average Bonchev–Trinajstić information content (AvgIpc) is 1.63. The Morgan fingerprint density at radius 1 is 1.33 bits per heavy atom. The molecule has 0 amide bonds. The molecular formula is C4H9Cl3SiSn. The van der Waals surface area contributed by atoms with E-state index in [-0.39, 0.29) is 21.1 Å². The molecule has 0 aromatic carbocycles. The van der Waals surface area contributed by atoms with Gasteiger partial charge in [-0.2, -0.15) is 0 Å². The van der Waals surface area contributed by atoms with E-state index in [1.54, 1.807) is 0 Å². The van der Waals surface area contributed by atoms with Crippen molar-refractivity contribution in [3.05, 3.63) is 0 Å². The first-order chi connectivity index (χ1) is 4.06. The van der Waals surface area contributed by atoms with Crippen LogP contribution in [0, 0.1) is 0 Å². The monoisotopic (exact) mass is 310 g/mol. The Morgan fingerprint density at radius 3 is 2.22 bits per heavy atom. The standard InChI is InChI=1S/C3H6Cl3Si.CH3.Sn/c1-2-3-7(4,5)6;;/h1-3H2;1H3;. The van der Waals surface area contributed by atoms with Crippen molar-refractivity contribution < 1.29 is 0 Å². The number of hydrogen-bond acceptors (Lipinski definition) is 0. The molecule has 0 aliphatic heterocycles. The third kappa shape index (κ3) is 9.89. The number of hydrogen-bond donors (Lipinski definition) is 0. The van der Waals surface area contributed by atoms with E-state index in [1.165, 1.54) is 4.44 Å². The summed E-state index contributed by atoms with van der Waals surface area (Å²) in [7, 11) is 0. The molecule has 0 aliphatic carbocycles. The summed E-state index contributed by atoms with van der Waals surface area (Å²) in [6.45, 7) is 0. The first kappa shape index (κ1) is 10.9. The van der Waals surface area contributed by atoms with Crippen LogP contribution in [-0.2, 0) is 0 Å². The third-order valence-corrected chi connectivity index (χ3v) is 5.94. The van der Waals surface area contributed by atoms with Crippen LogP contribution in [0.5, 0.6) is 0 Å². The Bertz CT molecular complexity index is 72.7. The molecule has 0 saturated heterocycles. The second-order valence-electron chi connectivity index (χ2n) is 1.82. The quantitative estimate of drug-likeness (QED) is 0.425. The first-order valence-electron chi connectivity index (χ1n) is 2.77. The van der Waals surface area contributed by atoms with E-state index >= 15 is 0 Å². The molecule has 0 rings (SSSR count). The van der Waals surface area contributed by atoms with Crippen LogP contribution in [0.2, 0.25) is 15.4 Å². The predicted octanol–water partition coefficient (Wildman–Crippen LogP) is 3.20. The second kappa shape index (κ2) is 5.53. The van der Waals surface area contributed by atoms with Crippen molar-refractivity contribution in [2.75, 3.05) is 0 Å². The summed E-state index contributed by atoms with van der Waals surface area (Å²) in [4.78, 5) is 2.31. The van der Waals surface area contributed by atoms with Gasteiger partial charge in [0.2, 0.25) is 0 Å². The molecule has 5 heteroatoms. The van der Waals surface area contributed by atoms with E-state index in [0.717, 1.165) is 12.5 Å². The van der Waals surface area contributed by atoms with Gasteiger partial charge < -0.3 is 0 Å². The fourth-order valence-corrected chi connectivity index (χ4v) is 4.77. The minimum atomic E-state index is -2.25. The van der Waals surface area contributed by atoms with Crippen LogP contribution in [0.3, 0.4) is 0 Å². The van der Waals surface area contributed by atoms with Gasteiger partial charge in [0, 0.05) is 0 Å². The summed E-state index contributed by atoms with van der Waals surface area (Å²) in [5.41, 5.74) is 0. The summed E-state index contributed by atoms with van der Waals surface area (Å²) in [5.74, 6) is 0. The van der Waals surface area contributed by atoms with Crippen molar-refractivity contribution in [1.82, 2.24) is 0 Å². The summed E-state index contributed by atoms with van der Waals surface area (Å²) >= 11 is 16.9. The molecule has 0 atom stereocenters. The van der Waals surface area contributed by atoms with E-state index in [0.29, 0.717) is 0 Å². The van der Waals surface area contributed by atoms with E-state index in [9.17, 15) is 0 Å². The molecule has 0 fully saturated rings. The molecule has 0 saturated carbocycles. The molecule has 0 heterocycles. The maximum absolute atomic E-state index is 5.66. The zero-order valence-corrected chi connectivity index (χ0v) is 11.4. The van der Waals surface area contributed by atoms with Gasteiger partial charge in [0.25, 0.3) is 0 Å². The van der Waals surface area contributed by atoms with Crippen molar-refractivity contribution in [1.29, 1.82) is 0 Å². The maximum atomic E-state index is 5.66. The van der Waals surface area contributed by atoms with Crippen molar-refractivity contribution >= 4 is 60.4 Å². The van der Waals surface area contributed by atoms with Crippen LogP contribution in [0.1, 0.15) is 6.42 Å². The van der Waals surface area contributed by atoms with Crippen LogP contribution in [0.4, 0.5) is 0 Å². The summed E-state index contributed by atoms with van der Waals surface area (Å²) < 4.78 is 1.35. The van der Waals surface area contributed by atoms with E-state index in [4.69, 9.17) is 33.2 Å². The number of rotatable bonds is 4. The van der Waals surface area contributed by atoms with Crippen LogP contribution in [0.15, 0.2) is 0 Å². The van der Waals surface area contributed by atoms with Gasteiger partial charge >= 0.3 is 82.2 Å². The van der Waals surface area contributed by atoms with Crippen molar-refractivity contribution in [2.24, 2.45) is 0 Å². The topological polar surface area (TPSA) is 0 Å². The Hall–Kier alpha value is 1.89. The van der Waals surface area contributed by atoms with Gasteiger partial charge in [-0.25, -0.2) is 0 Å². The molecule has 0 aromatic heterocycles. The van der Waals surface area contributed by atoms with Gasteiger partial charge in [-0.15, -0.1) is 0 Å². The molecule has 0 bridgehead atoms. The summed E-state index contributed by atoms with van der Waals surface area (Å²) in [5, 5.41) is 0. The van der Waals surface area contributed by atoms with Gasteiger partial charge in [0.15, 0.2) is 0 Å². The molecule has 9 heavy (non-hydrogen) atoms. The zero-order valence-electron chi connectivity index (χ0n) is 5.26. The molecule has 0 N–H and O–H groups in total. The van der Waals surface area contributed by atoms with E-state index < -0.39 is 6.00 Å². The Kier molecular flexibility index (Phi) is 6.68. The number of halogens is 3. The molecule has 2 radical (unpaired) electrons.